The van der Waals surface area contributed by atoms with Crippen LogP contribution in [0.3, 0.4) is 0 Å². The number of halogens is 10. The van der Waals surface area contributed by atoms with Crippen molar-refractivity contribution in [1.82, 2.24) is 4.31 Å². The van der Waals surface area contributed by atoms with Crippen molar-refractivity contribution < 1.29 is 61.9 Å². The zero-order valence-electron chi connectivity index (χ0n) is 19.2. The third kappa shape index (κ3) is 9.16. The van der Waals surface area contributed by atoms with Crippen molar-refractivity contribution in [1.29, 1.82) is 0 Å². The highest BCUT2D eigenvalue weighted by Crippen LogP contribution is 2.59. The van der Waals surface area contributed by atoms with Crippen molar-refractivity contribution in [3.8, 4) is 5.75 Å². The molecule has 1 amide bonds. The van der Waals surface area contributed by atoms with Gasteiger partial charge < -0.3 is 24.8 Å². The van der Waals surface area contributed by atoms with Crippen LogP contribution in [0.25, 0.3) is 10.1 Å². The summed E-state index contributed by atoms with van der Waals surface area (Å²) in [7, 11) is -6.44. The maximum atomic E-state index is 14.0. The molecule has 0 saturated carbocycles. The molecule has 1 aromatic carbocycles. The quantitative estimate of drug-likeness (QED) is 0.262. The number of carbonyl (C=O) groups excluding carboxylic acids is 1. The lowest BCUT2D eigenvalue weighted by Crippen LogP contribution is -2.31. The predicted molar refractivity (Wildman–Crippen MR) is 124 cm³/mol. The van der Waals surface area contributed by atoms with Gasteiger partial charge in [0.25, 0.3) is 11.7 Å². The van der Waals surface area contributed by atoms with Gasteiger partial charge in [0, 0.05) is 23.0 Å². The van der Waals surface area contributed by atoms with Crippen LogP contribution < -0.4 is 20.3 Å². The van der Waals surface area contributed by atoms with Crippen molar-refractivity contribution in [2.24, 2.45) is 5.73 Å². The SMILES string of the molecule is CCN(CC)[S+2](F)(F)F.NC(=O)c1cc(OCC(F)CC(F)(F)F)c2sc(C(F)(F)P(=O)([O-])[O-])c(Br)c2c1. The van der Waals surface area contributed by atoms with Gasteiger partial charge in [-0.25, -0.2) is 4.39 Å². The highest BCUT2D eigenvalue weighted by molar-refractivity contribution is 9.10. The topological polar surface area (TPSA) is 119 Å². The van der Waals surface area contributed by atoms with E-state index in [1.807, 2.05) is 0 Å². The molecule has 1 atom stereocenters. The molecule has 0 aliphatic carbocycles. The van der Waals surface area contributed by atoms with Crippen LogP contribution in [0, 0.1) is 0 Å². The van der Waals surface area contributed by atoms with E-state index in [2.05, 4.69) is 15.9 Å². The number of primary amides is 1. The smallest absolute Gasteiger partial charge is 0.697 e. The van der Waals surface area contributed by atoms with E-state index in [1.165, 1.54) is 13.8 Å². The number of carbonyl (C=O) groups is 1. The van der Waals surface area contributed by atoms with Gasteiger partial charge in [0.15, 0.2) is 0 Å². The van der Waals surface area contributed by atoms with Crippen LogP contribution in [-0.2, 0) is 21.6 Å². The van der Waals surface area contributed by atoms with Gasteiger partial charge in [-0.05, 0) is 41.9 Å². The molecule has 0 bridgehead atoms. The van der Waals surface area contributed by atoms with Gasteiger partial charge in [-0.3, -0.25) is 4.79 Å². The normalized spacial score (nSPS) is 13.9. The van der Waals surface area contributed by atoms with Crippen molar-refractivity contribution in [3.05, 3.63) is 27.0 Å². The Morgan fingerprint density at radius 2 is 1.71 bits per heavy atom. The Morgan fingerprint density at radius 3 is 2.08 bits per heavy atom. The number of benzene rings is 1. The third-order valence-electron chi connectivity index (χ3n) is 4.47. The van der Waals surface area contributed by atoms with Crippen LogP contribution in [-0.4, -0.2) is 42.3 Å². The Morgan fingerprint density at radius 1 is 1.18 bits per heavy atom. The van der Waals surface area contributed by atoms with Crippen molar-refractivity contribution in [2.75, 3.05) is 19.7 Å². The molecule has 2 N–H and O–H groups in total. The lowest BCUT2D eigenvalue weighted by atomic mass is 10.1. The molecule has 7 nitrogen and oxygen atoms in total. The van der Waals surface area contributed by atoms with E-state index in [9.17, 15) is 57.1 Å². The minimum absolute atomic E-state index is 0.0648. The monoisotopic (exact) mass is 688 g/mol. The van der Waals surface area contributed by atoms with E-state index in [0.717, 1.165) is 12.1 Å². The fraction of sp³-hybridized carbons (Fsp3) is 0.500. The molecule has 0 aliphatic heterocycles. The molecule has 1 heterocycles. The number of nitrogens with zero attached hydrogens (tertiary/aromatic N) is 1. The molecule has 0 saturated heterocycles. The third-order valence-corrected chi connectivity index (χ3v) is 9.01. The summed E-state index contributed by atoms with van der Waals surface area (Å²) < 4.78 is 129. The van der Waals surface area contributed by atoms with Gasteiger partial charge in [0.1, 0.15) is 18.5 Å². The summed E-state index contributed by atoms with van der Waals surface area (Å²) in [4.78, 5) is 32.1. The fourth-order valence-corrected chi connectivity index (χ4v) is 6.24. The largest absolute Gasteiger partial charge is 0.806 e. The molecule has 1 unspecified atom stereocenters. The van der Waals surface area contributed by atoms with Crippen molar-refractivity contribution in [3.63, 3.8) is 0 Å². The van der Waals surface area contributed by atoms with Gasteiger partial charge in [0.05, 0.1) is 33.4 Å². The molecular formula is C18H19BrF9N2O5PS2. The van der Waals surface area contributed by atoms with Gasteiger partial charge in [-0.15, -0.1) is 11.3 Å². The second kappa shape index (κ2) is 13.0. The first-order valence-corrected chi connectivity index (χ1v) is 14.5. The number of amides is 1. The number of fused-ring (bicyclic) bond motifs is 1. The molecule has 0 aliphatic rings. The molecule has 0 fully saturated rings. The van der Waals surface area contributed by atoms with E-state index in [4.69, 9.17) is 10.5 Å². The van der Waals surface area contributed by atoms with E-state index in [0.29, 0.717) is 4.31 Å². The second-order valence-corrected chi connectivity index (χ2v) is 11.9. The zero-order valence-corrected chi connectivity index (χ0v) is 23.3. The number of nitrogens with two attached hydrogens (primary N) is 1. The summed E-state index contributed by atoms with van der Waals surface area (Å²) in [6.45, 7) is 2.00. The van der Waals surface area contributed by atoms with Gasteiger partial charge in [-0.2, -0.15) is 22.0 Å². The van der Waals surface area contributed by atoms with Crippen LogP contribution in [0.2, 0.25) is 0 Å². The summed E-state index contributed by atoms with van der Waals surface area (Å²) in [5, 5.41) is -0.226. The standard InChI is InChI=1S/C14H11BrF6NO5PS.C4H10F3NS/c15-9-7-1-5(12(22)23)2-8(27-4-6(16)3-13(17,18)19)10(7)29-11(9)14(20,21)28(24,25)26;1-3-8(4-2)9(5,6)7/h1-2,6H,3-4H2,(H2,22,23)(H2,24,25,26);3-4H2,1-2H3/q;+2/p-2. The lowest BCUT2D eigenvalue weighted by Gasteiger charge is -2.37. The number of hydrogen-bond donors (Lipinski definition) is 1. The van der Waals surface area contributed by atoms with Gasteiger partial charge >= 0.3 is 23.2 Å². The Kier molecular flexibility index (Phi) is 11.9. The molecule has 20 heteroatoms. The fourth-order valence-electron chi connectivity index (χ4n) is 2.71. The van der Waals surface area contributed by atoms with Crippen LogP contribution in [0.1, 0.15) is 35.5 Å². The number of thiophene rings is 1. The Labute approximate surface area is 224 Å². The molecular weight excluding hydrogens is 670 g/mol. The lowest BCUT2D eigenvalue weighted by molar-refractivity contribution is -0.334. The van der Waals surface area contributed by atoms with Gasteiger partial charge in [0.2, 0.25) is 5.91 Å². The molecule has 0 radical (unpaired) electrons. The van der Waals surface area contributed by atoms with E-state index < -0.39 is 71.0 Å². The van der Waals surface area contributed by atoms with Crippen LogP contribution in [0.5, 0.6) is 5.75 Å². The summed E-state index contributed by atoms with van der Waals surface area (Å²) >= 11 is -2.13. The zero-order chi connectivity index (χ0) is 29.9. The summed E-state index contributed by atoms with van der Waals surface area (Å²) in [5.74, 6) is -1.56. The maximum absolute atomic E-state index is 14.0. The molecule has 0 spiro atoms. The first-order valence-electron chi connectivity index (χ1n) is 10.0. The predicted octanol–water partition coefficient (Wildman–Crippen LogP) is 5.45. The van der Waals surface area contributed by atoms with E-state index in [1.54, 1.807) is 0 Å². The van der Waals surface area contributed by atoms with E-state index >= 15 is 0 Å². The second-order valence-electron chi connectivity index (χ2n) is 7.22. The summed E-state index contributed by atoms with van der Waals surface area (Å²) in [5.41, 5.74) is -0.0656. The molecule has 38 heavy (non-hydrogen) atoms. The number of alkyl halides is 6. The Bertz CT molecular complexity index is 1170. The van der Waals surface area contributed by atoms with Crippen LogP contribution in [0.15, 0.2) is 16.6 Å². The number of ether oxygens (including phenoxy) is 1. The molecule has 1 aromatic heterocycles. The molecule has 218 valence electrons. The summed E-state index contributed by atoms with van der Waals surface area (Å²) in [6, 6.07) is 1.86. The van der Waals surface area contributed by atoms with Crippen LogP contribution >= 0.6 is 34.9 Å². The maximum Gasteiger partial charge on any atom is 0.697 e. The summed E-state index contributed by atoms with van der Waals surface area (Å²) in [6.07, 6.45) is -9.16. The number of hydrogen-bond acceptors (Lipinski definition) is 7. The van der Waals surface area contributed by atoms with E-state index in [-0.39, 0.29) is 40.1 Å². The average Bonchev–Trinajstić information content (AvgIpc) is 3.07. The molecule has 2 aromatic rings. The first kappa shape index (κ1) is 34.8. The highest BCUT2D eigenvalue weighted by Gasteiger charge is 2.61. The Balaban J connectivity index is 0.000000686. The van der Waals surface area contributed by atoms with Crippen molar-refractivity contribution in [2.45, 2.75) is 38.3 Å². The van der Waals surface area contributed by atoms with Crippen LogP contribution in [0.4, 0.5) is 38.0 Å². The highest BCUT2D eigenvalue weighted by atomic mass is 79.9. The molecule has 2 rings (SSSR count). The Hall–Kier alpha value is -1.24. The first-order chi connectivity index (χ1) is 17.1. The number of rotatable bonds is 10. The van der Waals surface area contributed by atoms with Gasteiger partial charge in [-0.1, -0.05) is 0 Å². The van der Waals surface area contributed by atoms with Crippen molar-refractivity contribution >= 4 is 62.2 Å². The minimum atomic E-state index is -6.44. The average molecular weight is 689 g/mol. The minimum Gasteiger partial charge on any atom is -0.806 e.